The summed E-state index contributed by atoms with van der Waals surface area (Å²) >= 11 is 0. The Morgan fingerprint density at radius 3 is 2.58 bits per heavy atom. The van der Waals surface area contributed by atoms with Crippen molar-refractivity contribution in [3.8, 4) is 0 Å². The van der Waals surface area contributed by atoms with E-state index in [9.17, 15) is 0 Å². The van der Waals surface area contributed by atoms with E-state index in [-0.39, 0.29) is 6.61 Å². The number of aromatic nitrogens is 2. The number of nitrogens with one attached hydrogen (secondary N) is 2. The fourth-order valence-corrected chi connectivity index (χ4v) is 1.96. The smallest absolute Gasteiger partial charge is 0.145 e. The highest BCUT2D eigenvalue weighted by Gasteiger charge is 2.27. The molecule has 1 heterocycles. The lowest BCUT2D eigenvalue weighted by molar-refractivity contribution is 0.283. The lowest BCUT2D eigenvalue weighted by Crippen LogP contribution is -2.12. The minimum absolute atomic E-state index is 0.287. The standard InChI is InChI=1S/C13H23N5O/c14-18-12-9-11(15-7-3-1-2-4-8-19)16-13(17-12)10-5-6-10/h9-10,19H,1-8,14H2,(H2,15,16,17,18). The zero-order valence-electron chi connectivity index (χ0n) is 11.2. The largest absolute Gasteiger partial charge is 0.396 e. The fourth-order valence-electron chi connectivity index (χ4n) is 1.96. The van der Waals surface area contributed by atoms with Gasteiger partial charge < -0.3 is 15.8 Å². The topological polar surface area (TPSA) is 96.1 Å². The van der Waals surface area contributed by atoms with Crippen LogP contribution in [0.3, 0.4) is 0 Å². The zero-order valence-corrected chi connectivity index (χ0v) is 11.2. The van der Waals surface area contributed by atoms with Gasteiger partial charge in [-0.15, -0.1) is 0 Å². The molecule has 0 radical (unpaired) electrons. The maximum atomic E-state index is 8.70. The maximum Gasteiger partial charge on any atom is 0.145 e. The number of nitrogen functional groups attached to an aromatic ring is 1. The van der Waals surface area contributed by atoms with Gasteiger partial charge in [0.15, 0.2) is 0 Å². The van der Waals surface area contributed by atoms with Crippen molar-refractivity contribution in [2.45, 2.75) is 44.4 Å². The number of anilines is 2. The van der Waals surface area contributed by atoms with Gasteiger partial charge in [-0.05, 0) is 25.7 Å². The molecule has 1 aromatic rings. The Bertz CT molecular complexity index is 395. The molecule has 19 heavy (non-hydrogen) atoms. The molecule has 0 amide bonds. The highest BCUT2D eigenvalue weighted by molar-refractivity contribution is 5.47. The van der Waals surface area contributed by atoms with Crippen LogP contribution in [0.5, 0.6) is 0 Å². The lowest BCUT2D eigenvalue weighted by atomic mass is 10.2. The number of unbranched alkanes of at least 4 members (excludes halogenated alkanes) is 3. The van der Waals surface area contributed by atoms with Crippen molar-refractivity contribution in [3.05, 3.63) is 11.9 Å². The highest BCUT2D eigenvalue weighted by Crippen LogP contribution is 2.38. The Morgan fingerprint density at radius 1 is 1.16 bits per heavy atom. The summed E-state index contributed by atoms with van der Waals surface area (Å²) in [7, 11) is 0. The van der Waals surface area contributed by atoms with Crippen LogP contribution < -0.4 is 16.6 Å². The van der Waals surface area contributed by atoms with Crippen molar-refractivity contribution in [2.24, 2.45) is 5.84 Å². The molecular formula is C13H23N5O. The molecule has 1 saturated carbocycles. The van der Waals surface area contributed by atoms with Crippen molar-refractivity contribution in [3.63, 3.8) is 0 Å². The molecule has 0 atom stereocenters. The van der Waals surface area contributed by atoms with Crippen LogP contribution in [-0.2, 0) is 0 Å². The van der Waals surface area contributed by atoms with E-state index in [1.54, 1.807) is 0 Å². The summed E-state index contributed by atoms with van der Waals surface area (Å²) in [5.74, 6) is 8.33. The summed E-state index contributed by atoms with van der Waals surface area (Å²) in [5, 5.41) is 12.0. The second-order valence-corrected chi connectivity index (χ2v) is 4.98. The van der Waals surface area contributed by atoms with Gasteiger partial charge in [0.1, 0.15) is 17.5 Å². The molecule has 0 unspecified atom stereocenters. The first-order chi connectivity index (χ1) is 9.33. The monoisotopic (exact) mass is 265 g/mol. The SMILES string of the molecule is NNc1cc(NCCCCCCO)nc(C2CC2)n1. The van der Waals surface area contributed by atoms with E-state index < -0.39 is 0 Å². The second kappa shape index (κ2) is 7.25. The Hall–Kier alpha value is -1.40. The molecule has 0 aromatic carbocycles. The molecule has 0 saturated heterocycles. The molecule has 6 nitrogen and oxygen atoms in total. The summed E-state index contributed by atoms with van der Waals surface area (Å²) in [6.07, 6.45) is 6.51. The summed E-state index contributed by atoms with van der Waals surface area (Å²) in [6, 6.07) is 1.83. The van der Waals surface area contributed by atoms with Gasteiger partial charge in [-0.25, -0.2) is 15.8 Å². The lowest BCUT2D eigenvalue weighted by Gasteiger charge is -2.09. The van der Waals surface area contributed by atoms with Gasteiger partial charge in [0.05, 0.1) is 0 Å². The van der Waals surface area contributed by atoms with Gasteiger partial charge in [-0.2, -0.15) is 0 Å². The number of hydrazine groups is 1. The molecule has 1 fully saturated rings. The van der Waals surface area contributed by atoms with Gasteiger partial charge >= 0.3 is 0 Å². The first-order valence-corrected chi connectivity index (χ1v) is 7.04. The Morgan fingerprint density at radius 2 is 1.89 bits per heavy atom. The van der Waals surface area contributed by atoms with Crippen LogP contribution in [0, 0.1) is 0 Å². The predicted molar refractivity (Wildman–Crippen MR) is 75.9 cm³/mol. The quantitative estimate of drug-likeness (QED) is 0.308. The third-order valence-electron chi connectivity index (χ3n) is 3.22. The molecule has 2 rings (SSSR count). The summed E-state index contributed by atoms with van der Waals surface area (Å²) in [4.78, 5) is 8.89. The molecule has 1 aliphatic carbocycles. The number of hydrogen-bond donors (Lipinski definition) is 4. The van der Waals surface area contributed by atoms with Gasteiger partial charge in [0, 0.05) is 25.1 Å². The summed E-state index contributed by atoms with van der Waals surface area (Å²) < 4.78 is 0. The summed E-state index contributed by atoms with van der Waals surface area (Å²) in [5.41, 5.74) is 2.59. The van der Waals surface area contributed by atoms with Crippen molar-refractivity contribution in [1.29, 1.82) is 0 Å². The van der Waals surface area contributed by atoms with E-state index in [2.05, 4.69) is 20.7 Å². The Balaban J connectivity index is 1.80. The molecular weight excluding hydrogens is 242 g/mol. The van der Waals surface area contributed by atoms with Crippen LogP contribution in [0.2, 0.25) is 0 Å². The van der Waals surface area contributed by atoms with E-state index >= 15 is 0 Å². The van der Waals surface area contributed by atoms with Crippen molar-refractivity contribution < 1.29 is 5.11 Å². The second-order valence-electron chi connectivity index (χ2n) is 4.98. The number of nitrogens with zero attached hydrogens (tertiary/aromatic N) is 2. The normalized spacial score (nSPS) is 14.4. The Kier molecular flexibility index (Phi) is 5.35. The maximum absolute atomic E-state index is 8.70. The number of aliphatic hydroxyl groups is 1. The van der Waals surface area contributed by atoms with E-state index in [4.69, 9.17) is 10.9 Å². The average molecular weight is 265 g/mol. The summed E-state index contributed by atoms with van der Waals surface area (Å²) in [6.45, 7) is 1.17. The minimum atomic E-state index is 0.287. The minimum Gasteiger partial charge on any atom is -0.396 e. The van der Waals surface area contributed by atoms with Crippen LogP contribution in [0.4, 0.5) is 11.6 Å². The molecule has 106 valence electrons. The first-order valence-electron chi connectivity index (χ1n) is 7.04. The number of aliphatic hydroxyl groups excluding tert-OH is 1. The van der Waals surface area contributed by atoms with Crippen LogP contribution in [0.1, 0.15) is 50.3 Å². The van der Waals surface area contributed by atoms with Gasteiger partial charge in [0.2, 0.25) is 0 Å². The third kappa shape index (κ3) is 4.65. The third-order valence-corrected chi connectivity index (χ3v) is 3.22. The molecule has 1 aliphatic rings. The van der Waals surface area contributed by atoms with Gasteiger partial charge in [-0.3, -0.25) is 0 Å². The van der Waals surface area contributed by atoms with Gasteiger partial charge in [-0.1, -0.05) is 12.8 Å². The first kappa shape index (κ1) is 14.0. The van der Waals surface area contributed by atoms with E-state index in [1.807, 2.05) is 6.07 Å². The van der Waals surface area contributed by atoms with E-state index in [0.29, 0.717) is 11.7 Å². The number of rotatable bonds is 9. The van der Waals surface area contributed by atoms with Crippen LogP contribution in [0.15, 0.2) is 6.07 Å². The van der Waals surface area contributed by atoms with Crippen LogP contribution >= 0.6 is 0 Å². The van der Waals surface area contributed by atoms with Crippen molar-refractivity contribution in [2.75, 3.05) is 23.9 Å². The molecule has 0 aliphatic heterocycles. The van der Waals surface area contributed by atoms with Crippen LogP contribution in [0.25, 0.3) is 0 Å². The van der Waals surface area contributed by atoms with Crippen molar-refractivity contribution >= 4 is 11.6 Å². The fraction of sp³-hybridized carbons (Fsp3) is 0.692. The predicted octanol–water partition coefficient (Wildman–Crippen LogP) is 1.60. The molecule has 0 bridgehead atoms. The van der Waals surface area contributed by atoms with Crippen molar-refractivity contribution in [1.82, 2.24) is 9.97 Å². The van der Waals surface area contributed by atoms with E-state index in [0.717, 1.165) is 43.9 Å². The highest BCUT2D eigenvalue weighted by atomic mass is 16.2. The average Bonchev–Trinajstić information content (AvgIpc) is 3.27. The molecule has 1 aromatic heterocycles. The molecule has 5 N–H and O–H groups in total. The number of hydrogen-bond acceptors (Lipinski definition) is 6. The van der Waals surface area contributed by atoms with E-state index in [1.165, 1.54) is 12.8 Å². The molecule has 6 heteroatoms. The van der Waals surface area contributed by atoms with Gasteiger partial charge in [0.25, 0.3) is 0 Å². The zero-order chi connectivity index (χ0) is 13.5. The molecule has 0 spiro atoms. The van der Waals surface area contributed by atoms with Crippen LogP contribution in [-0.4, -0.2) is 28.2 Å². The Labute approximate surface area is 113 Å². The number of nitrogens with two attached hydrogens (primary N) is 1.